The van der Waals surface area contributed by atoms with Crippen molar-refractivity contribution in [1.82, 2.24) is 13.9 Å². The van der Waals surface area contributed by atoms with E-state index in [4.69, 9.17) is 4.98 Å². The third-order valence-electron chi connectivity index (χ3n) is 7.00. The topological polar surface area (TPSA) is 72.3 Å². The van der Waals surface area contributed by atoms with Crippen LogP contribution in [0.1, 0.15) is 61.8 Å². The molecular weight excluding hydrogens is 466 g/mol. The second-order valence-corrected chi connectivity index (χ2v) is 12.4. The van der Waals surface area contributed by atoms with Crippen LogP contribution in [0.15, 0.2) is 58.6 Å². The first-order chi connectivity index (χ1) is 16.4. The second kappa shape index (κ2) is 9.84. The van der Waals surface area contributed by atoms with Crippen molar-refractivity contribution in [2.75, 3.05) is 18.8 Å². The lowest BCUT2D eigenvalue weighted by molar-refractivity contribution is 0.102. The van der Waals surface area contributed by atoms with Gasteiger partial charge in [-0.05, 0) is 49.8 Å². The highest BCUT2D eigenvalue weighted by atomic mass is 32.2. The summed E-state index contributed by atoms with van der Waals surface area (Å²) >= 11 is 1.45. The molecule has 0 N–H and O–H groups in total. The molecule has 0 radical (unpaired) electrons. The number of hydrogen-bond acceptors (Lipinski definition) is 5. The first-order valence-electron chi connectivity index (χ1n) is 12.2. The maximum absolute atomic E-state index is 13.3. The van der Waals surface area contributed by atoms with Crippen LogP contribution in [0.4, 0.5) is 0 Å². The number of carbonyl (C=O) groups excluding carboxylic acids is 1. The van der Waals surface area contributed by atoms with Crippen molar-refractivity contribution in [1.29, 1.82) is 0 Å². The summed E-state index contributed by atoms with van der Waals surface area (Å²) in [5.74, 6) is 0.744. The van der Waals surface area contributed by atoms with Gasteiger partial charge in [-0.1, -0.05) is 61.9 Å². The Labute approximate surface area is 205 Å². The van der Waals surface area contributed by atoms with Gasteiger partial charge in [0.1, 0.15) is 0 Å². The molecule has 0 bridgehead atoms. The molecule has 1 saturated carbocycles. The summed E-state index contributed by atoms with van der Waals surface area (Å²) in [5.41, 5.74) is 2.34. The Hall–Kier alpha value is -2.16. The normalized spacial score (nSPS) is 20.2. The van der Waals surface area contributed by atoms with Crippen LogP contribution in [0.25, 0.3) is 11.0 Å². The van der Waals surface area contributed by atoms with E-state index < -0.39 is 10.0 Å². The SMILES string of the molecule is C[C@H]1CCCN(S(=O)(=O)c2ccc3c(c2)nc(SCC(=O)c2ccccc2)n3C2CCCC2)C1. The van der Waals surface area contributed by atoms with Crippen LogP contribution < -0.4 is 0 Å². The Kier molecular flexibility index (Phi) is 6.82. The minimum Gasteiger partial charge on any atom is -0.316 e. The number of thioether (sulfide) groups is 1. The summed E-state index contributed by atoms with van der Waals surface area (Å²) in [5, 5.41) is 0.798. The number of rotatable bonds is 7. The maximum Gasteiger partial charge on any atom is 0.243 e. The number of carbonyl (C=O) groups is 1. The monoisotopic (exact) mass is 497 g/mol. The average molecular weight is 498 g/mol. The van der Waals surface area contributed by atoms with Crippen molar-refractivity contribution >= 4 is 38.6 Å². The minimum atomic E-state index is -3.55. The predicted octanol–water partition coefficient (Wildman–Crippen LogP) is 5.55. The number of fused-ring (bicyclic) bond motifs is 1. The highest BCUT2D eigenvalue weighted by Gasteiger charge is 2.30. The van der Waals surface area contributed by atoms with E-state index in [1.165, 1.54) is 24.6 Å². The van der Waals surface area contributed by atoms with Crippen LogP contribution in [0.3, 0.4) is 0 Å². The van der Waals surface area contributed by atoms with Crippen LogP contribution >= 0.6 is 11.8 Å². The van der Waals surface area contributed by atoms with Crippen LogP contribution in [0, 0.1) is 5.92 Å². The van der Waals surface area contributed by atoms with Crippen molar-refractivity contribution in [3.63, 3.8) is 0 Å². The molecule has 180 valence electrons. The number of hydrogen-bond donors (Lipinski definition) is 0. The van der Waals surface area contributed by atoms with Crippen LogP contribution in [-0.4, -0.2) is 46.9 Å². The van der Waals surface area contributed by atoms with Gasteiger partial charge in [0.25, 0.3) is 0 Å². The lowest BCUT2D eigenvalue weighted by Gasteiger charge is -2.30. The largest absolute Gasteiger partial charge is 0.316 e. The highest BCUT2D eigenvalue weighted by Crippen LogP contribution is 2.37. The van der Waals surface area contributed by atoms with Crippen molar-refractivity contribution in [2.24, 2.45) is 5.92 Å². The third kappa shape index (κ3) is 4.68. The Morgan fingerprint density at radius 2 is 1.82 bits per heavy atom. The van der Waals surface area contributed by atoms with Gasteiger partial charge in [0.15, 0.2) is 10.9 Å². The molecular formula is C26H31N3O3S2. The summed E-state index contributed by atoms with van der Waals surface area (Å²) in [6, 6.07) is 15.0. The van der Waals surface area contributed by atoms with E-state index >= 15 is 0 Å². The molecule has 8 heteroatoms. The predicted molar refractivity (Wildman–Crippen MR) is 136 cm³/mol. The number of sulfonamides is 1. The van der Waals surface area contributed by atoms with E-state index in [0.717, 1.165) is 36.4 Å². The number of nitrogens with zero attached hydrogens (tertiary/aromatic N) is 3. The zero-order chi connectivity index (χ0) is 23.7. The molecule has 0 spiro atoms. The fraction of sp³-hybridized carbons (Fsp3) is 0.462. The Balaban J connectivity index is 1.47. The highest BCUT2D eigenvalue weighted by molar-refractivity contribution is 7.99. The van der Waals surface area contributed by atoms with E-state index in [1.54, 1.807) is 16.4 Å². The average Bonchev–Trinajstić information content (AvgIpc) is 3.50. The molecule has 1 aromatic heterocycles. The van der Waals surface area contributed by atoms with Gasteiger partial charge in [-0.25, -0.2) is 13.4 Å². The van der Waals surface area contributed by atoms with Gasteiger partial charge in [-0.3, -0.25) is 4.79 Å². The van der Waals surface area contributed by atoms with E-state index in [-0.39, 0.29) is 5.78 Å². The standard InChI is InChI=1S/C26H31N3O3S2/c1-19-8-7-15-28(17-19)34(31,32)22-13-14-24-23(16-22)27-26(29(24)21-11-5-6-12-21)33-18-25(30)20-9-3-2-4-10-20/h2-4,9-10,13-14,16,19,21H,5-8,11-12,15,17-18H2,1H3/t19-/m0/s1. The molecule has 2 heterocycles. The number of imidazole rings is 1. The summed E-state index contributed by atoms with van der Waals surface area (Å²) in [6.45, 7) is 3.25. The Morgan fingerprint density at radius 1 is 1.06 bits per heavy atom. The number of Topliss-reactive ketones (excluding diaryl/α,β-unsaturated/α-hetero) is 1. The quantitative estimate of drug-likeness (QED) is 0.316. The van der Waals surface area contributed by atoms with E-state index in [0.29, 0.717) is 46.8 Å². The third-order valence-corrected chi connectivity index (χ3v) is 9.82. The molecule has 0 amide bonds. The fourth-order valence-electron chi connectivity index (χ4n) is 5.19. The summed E-state index contributed by atoms with van der Waals surface area (Å²) in [6.07, 6.45) is 6.48. The van der Waals surface area contributed by atoms with Gasteiger partial charge < -0.3 is 4.57 Å². The smallest absolute Gasteiger partial charge is 0.243 e. The second-order valence-electron chi connectivity index (χ2n) is 9.54. The van der Waals surface area contributed by atoms with E-state index in [2.05, 4.69) is 11.5 Å². The number of piperidine rings is 1. The molecule has 34 heavy (non-hydrogen) atoms. The van der Waals surface area contributed by atoms with Crippen molar-refractivity contribution < 1.29 is 13.2 Å². The molecule has 2 aliphatic rings. The molecule has 6 nitrogen and oxygen atoms in total. The number of aromatic nitrogens is 2. The molecule has 2 fully saturated rings. The Morgan fingerprint density at radius 3 is 2.56 bits per heavy atom. The van der Waals surface area contributed by atoms with Crippen molar-refractivity contribution in [3.8, 4) is 0 Å². The molecule has 2 aromatic carbocycles. The Bertz CT molecular complexity index is 1280. The summed E-state index contributed by atoms with van der Waals surface area (Å²) in [4.78, 5) is 17.9. The first-order valence-corrected chi connectivity index (χ1v) is 14.6. The lowest BCUT2D eigenvalue weighted by Crippen LogP contribution is -2.39. The van der Waals surface area contributed by atoms with E-state index in [1.807, 2.05) is 36.4 Å². The molecule has 5 rings (SSSR count). The van der Waals surface area contributed by atoms with Gasteiger partial charge in [0.05, 0.1) is 21.7 Å². The molecule has 3 aromatic rings. The van der Waals surface area contributed by atoms with Crippen molar-refractivity contribution in [2.45, 2.75) is 61.5 Å². The first kappa shape index (κ1) is 23.6. The van der Waals surface area contributed by atoms with Gasteiger partial charge in [0, 0.05) is 24.7 Å². The van der Waals surface area contributed by atoms with Gasteiger partial charge >= 0.3 is 0 Å². The maximum atomic E-state index is 13.3. The zero-order valence-corrected chi connectivity index (χ0v) is 21.2. The van der Waals surface area contributed by atoms with Crippen LogP contribution in [0.5, 0.6) is 0 Å². The van der Waals surface area contributed by atoms with Crippen LogP contribution in [-0.2, 0) is 10.0 Å². The van der Waals surface area contributed by atoms with Gasteiger partial charge in [-0.15, -0.1) is 0 Å². The molecule has 1 aliphatic heterocycles. The fourth-order valence-corrected chi connectivity index (χ4v) is 7.78. The molecule has 1 atom stereocenters. The zero-order valence-electron chi connectivity index (χ0n) is 19.5. The summed E-state index contributed by atoms with van der Waals surface area (Å²) < 4.78 is 30.5. The van der Waals surface area contributed by atoms with Gasteiger partial charge in [-0.2, -0.15) is 4.31 Å². The summed E-state index contributed by atoms with van der Waals surface area (Å²) in [7, 11) is -3.55. The van der Waals surface area contributed by atoms with Gasteiger partial charge in [0.2, 0.25) is 10.0 Å². The number of ketones is 1. The number of benzene rings is 2. The molecule has 0 unspecified atom stereocenters. The molecule has 1 saturated heterocycles. The van der Waals surface area contributed by atoms with Crippen molar-refractivity contribution in [3.05, 3.63) is 54.1 Å². The van der Waals surface area contributed by atoms with E-state index in [9.17, 15) is 13.2 Å². The van der Waals surface area contributed by atoms with Crippen LogP contribution in [0.2, 0.25) is 0 Å². The minimum absolute atomic E-state index is 0.0677. The molecule has 1 aliphatic carbocycles. The lowest BCUT2D eigenvalue weighted by atomic mass is 10.0.